The summed E-state index contributed by atoms with van der Waals surface area (Å²) in [6.45, 7) is 0. The van der Waals surface area contributed by atoms with Crippen molar-refractivity contribution in [1.29, 1.82) is 0 Å². The average molecular weight is 285 g/mol. The summed E-state index contributed by atoms with van der Waals surface area (Å²) in [7, 11) is 0. The van der Waals surface area contributed by atoms with Gasteiger partial charge in [0.25, 0.3) is 0 Å². The van der Waals surface area contributed by atoms with Gasteiger partial charge in [-0.3, -0.25) is 0 Å². The molecule has 0 saturated heterocycles. The monoisotopic (exact) mass is 285 g/mol. The fourth-order valence-corrected chi connectivity index (χ4v) is 2.61. The zero-order valence-corrected chi connectivity index (χ0v) is 12.0. The minimum atomic E-state index is 0.839. The minimum absolute atomic E-state index is 0.839. The van der Waals surface area contributed by atoms with Crippen molar-refractivity contribution < 1.29 is 4.74 Å². The summed E-state index contributed by atoms with van der Waals surface area (Å²) in [6.07, 6.45) is 2.09. The van der Waals surface area contributed by atoms with Crippen LogP contribution >= 0.6 is 0 Å². The minimum Gasteiger partial charge on any atom is -0.457 e. The molecule has 106 valence electrons. The maximum Gasteiger partial charge on any atom is 0.127 e. The van der Waals surface area contributed by atoms with Crippen molar-refractivity contribution in [2.24, 2.45) is 0 Å². The van der Waals surface area contributed by atoms with Crippen LogP contribution in [0.25, 0.3) is 16.6 Å². The van der Waals surface area contributed by atoms with E-state index in [0.29, 0.717) is 0 Å². The Kier molecular flexibility index (Phi) is 3.13. The molecule has 0 amide bonds. The van der Waals surface area contributed by atoms with Gasteiger partial charge in [0.2, 0.25) is 0 Å². The van der Waals surface area contributed by atoms with E-state index >= 15 is 0 Å². The molecule has 2 heteroatoms. The molecule has 0 aliphatic carbocycles. The molecule has 0 saturated carbocycles. The van der Waals surface area contributed by atoms with Crippen LogP contribution in [0.15, 0.2) is 91.1 Å². The smallest absolute Gasteiger partial charge is 0.127 e. The predicted molar refractivity (Wildman–Crippen MR) is 89.8 cm³/mol. The lowest BCUT2D eigenvalue weighted by atomic mass is 10.2. The van der Waals surface area contributed by atoms with E-state index in [9.17, 15) is 0 Å². The number of aromatic nitrogens is 1. The molecule has 0 fully saturated rings. The molecular weight excluding hydrogens is 270 g/mol. The Labute approximate surface area is 129 Å². The third kappa shape index (κ3) is 2.35. The van der Waals surface area contributed by atoms with E-state index in [1.54, 1.807) is 0 Å². The topological polar surface area (TPSA) is 14.2 Å². The summed E-state index contributed by atoms with van der Waals surface area (Å²) in [5, 5.41) is 1.24. The molecule has 0 aliphatic rings. The first kappa shape index (κ1) is 12.7. The van der Waals surface area contributed by atoms with E-state index in [-0.39, 0.29) is 0 Å². The number of rotatable bonds is 3. The largest absolute Gasteiger partial charge is 0.457 e. The highest BCUT2D eigenvalue weighted by Crippen LogP contribution is 2.24. The first-order valence-electron chi connectivity index (χ1n) is 7.30. The van der Waals surface area contributed by atoms with E-state index in [4.69, 9.17) is 4.74 Å². The van der Waals surface area contributed by atoms with Crippen molar-refractivity contribution in [2.45, 2.75) is 0 Å². The number of hydrogen-bond acceptors (Lipinski definition) is 1. The van der Waals surface area contributed by atoms with Crippen LogP contribution in [0.3, 0.4) is 0 Å². The molecule has 1 heterocycles. The number of ether oxygens (including phenoxy) is 1. The van der Waals surface area contributed by atoms with Gasteiger partial charge in [-0.15, -0.1) is 0 Å². The second-order valence-corrected chi connectivity index (χ2v) is 5.15. The van der Waals surface area contributed by atoms with Crippen LogP contribution in [0.5, 0.6) is 11.5 Å². The van der Waals surface area contributed by atoms with Gasteiger partial charge in [-0.25, -0.2) is 0 Å². The number of para-hydroxylation sites is 2. The second-order valence-electron chi connectivity index (χ2n) is 5.15. The van der Waals surface area contributed by atoms with Crippen LogP contribution in [0.4, 0.5) is 0 Å². The number of nitrogens with zero attached hydrogens (tertiary/aromatic N) is 1. The van der Waals surface area contributed by atoms with Gasteiger partial charge in [-0.05, 0) is 53.9 Å². The van der Waals surface area contributed by atoms with Gasteiger partial charge in [0.05, 0.1) is 5.52 Å². The fraction of sp³-hybridized carbons (Fsp3) is 0. The molecule has 0 atom stereocenters. The highest BCUT2D eigenvalue weighted by molar-refractivity contribution is 5.81. The van der Waals surface area contributed by atoms with Gasteiger partial charge in [-0.2, -0.15) is 0 Å². The molecule has 4 rings (SSSR count). The molecule has 0 aliphatic heterocycles. The van der Waals surface area contributed by atoms with Crippen LogP contribution in [0, 0.1) is 0 Å². The van der Waals surface area contributed by atoms with Crippen molar-refractivity contribution in [2.75, 3.05) is 0 Å². The summed E-state index contributed by atoms with van der Waals surface area (Å²) in [5.41, 5.74) is 2.33. The first-order valence-corrected chi connectivity index (χ1v) is 7.30. The number of fused-ring (bicyclic) bond motifs is 1. The Morgan fingerprint density at radius 3 is 2.09 bits per heavy atom. The highest BCUT2D eigenvalue weighted by atomic mass is 16.5. The van der Waals surface area contributed by atoms with E-state index in [0.717, 1.165) is 17.2 Å². The Balaban J connectivity index is 1.64. The second kappa shape index (κ2) is 5.41. The summed E-state index contributed by atoms with van der Waals surface area (Å²) in [6, 6.07) is 28.5. The van der Waals surface area contributed by atoms with Crippen LogP contribution in [0.2, 0.25) is 0 Å². The van der Waals surface area contributed by atoms with Crippen LogP contribution in [-0.4, -0.2) is 4.57 Å². The first-order chi connectivity index (χ1) is 10.9. The van der Waals surface area contributed by atoms with Gasteiger partial charge in [-0.1, -0.05) is 36.4 Å². The quantitative estimate of drug-likeness (QED) is 0.490. The molecule has 0 unspecified atom stereocenters. The average Bonchev–Trinajstić information content (AvgIpc) is 3.01. The SMILES string of the molecule is c1ccc(Oc2ccc(-n3ccc4ccccc43)cc2)cc1. The maximum atomic E-state index is 5.83. The molecule has 4 aromatic rings. The zero-order valence-electron chi connectivity index (χ0n) is 12.0. The van der Waals surface area contributed by atoms with Crippen molar-refractivity contribution in [3.8, 4) is 17.2 Å². The van der Waals surface area contributed by atoms with E-state index < -0.39 is 0 Å². The molecule has 0 spiro atoms. The Bertz CT molecular complexity index is 892. The standard InChI is InChI=1S/C20H15NO/c1-2-7-18(8-3-1)22-19-12-10-17(11-13-19)21-15-14-16-6-4-5-9-20(16)21/h1-15H. The lowest BCUT2D eigenvalue weighted by molar-refractivity contribution is 0.482. The van der Waals surface area contributed by atoms with Gasteiger partial charge < -0.3 is 9.30 Å². The van der Waals surface area contributed by atoms with Crippen molar-refractivity contribution in [3.63, 3.8) is 0 Å². The molecule has 0 radical (unpaired) electrons. The van der Waals surface area contributed by atoms with Gasteiger partial charge in [0.15, 0.2) is 0 Å². The zero-order chi connectivity index (χ0) is 14.8. The summed E-state index contributed by atoms with van der Waals surface area (Å²) in [5.74, 6) is 1.69. The molecule has 0 bridgehead atoms. The molecule has 22 heavy (non-hydrogen) atoms. The van der Waals surface area contributed by atoms with E-state index in [1.807, 2.05) is 42.5 Å². The van der Waals surface area contributed by atoms with Crippen molar-refractivity contribution in [3.05, 3.63) is 91.1 Å². The van der Waals surface area contributed by atoms with Crippen LogP contribution < -0.4 is 4.74 Å². The van der Waals surface area contributed by atoms with Gasteiger partial charge >= 0.3 is 0 Å². The fourth-order valence-electron chi connectivity index (χ4n) is 2.61. The summed E-state index contributed by atoms with van der Waals surface area (Å²) >= 11 is 0. The maximum absolute atomic E-state index is 5.83. The molecule has 1 aromatic heterocycles. The Morgan fingerprint density at radius 1 is 0.591 bits per heavy atom. The lowest BCUT2D eigenvalue weighted by Gasteiger charge is -2.08. The molecular formula is C20H15NO. The summed E-state index contributed by atoms with van der Waals surface area (Å²) in [4.78, 5) is 0. The van der Waals surface area contributed by atoms with E-state index in [1.165, 1.54) is 10.9 Å². The normalized spacial score (nSPS) is 10.7. The van der Waals surface area contributed by atoms with Gasteiger partial charge in [0.1, 0.15) is 11.5 Å². The van der Waals surface area contributed by atoms with Crippen LogP contribution in [-0.2, 0) is 0 Å². The third-order valence-corrected chi connectivity index (χ3v) is 3.69. The predicted octanol–water partition coefficient (Wildman–Crippen LogP) is 5.42. The third-order valence-electron chi connectivity index (χ3n) is 3.69. The molecule has 0 N–H and O–H groups in total. The Hall–Kier alpha value is -3.00. The van der Waals surface area contributed by atoms with E-state index in [2.05, 4.69) is 53.2 Å². The van der Waals surface area contributed by atoms with Gasteiger partial charge in [0, 0.05) is 11.9 Å². The Morgan fingerprint density at radius 2 is 1.27 bits per heavy atom. The molecule has 3 aromatic carbocycles. The van der Waals surface area contributed by atoms with Crippen LogP contribution in [0.1, 0.15) is 0 Å². The number of hydrogen-bond donors (Lipinski definition) is 0. The van der Waals surface area contributed by atoms with Crippen molar-refractivity contribution >= 4 is 10.9 Å². The van der Waals surface area contributed by atoms with Crippen molar-refractivity contribution in [1.82, 2.24) is 4.57 Å². The highest BCUT2D eigenvalue weighted by Gasteiger charge is 2.03. The lowest BCUT2D eigenvalue weighted by Crippen LogP contribution is -1.91. The number of benzene rings is 3. The molecule has 2 nitrogen and oxygen atoms in total. The summed E-state index contributed by atoms with van der Waals surface area (Å²) < 4.78 is 8.01.